The maximum absolute atomic E-state index is 12.7. The molecule has 0 unspecified atom stereocenters. The highest BCUT2D eigenvalue weighted by Gasteiger charge is 2.18. The number of aryl methyl sites for hydroxylation is 1. The fourth-order valence-electron chi connectivity index (χ4n) is 2.57. The van der Waals surface area contributed by atoms with Crippen molar-refractivity contribution < 1.29 is 19.0 Å². The van der Waals surface area contributed by atoms with Gasteiger partial charge in [-0.05, 0) is 43.3 Å². The van der Waals surface area contributed by atoms with Crippen LogP contribution in [-0.2, 0) is 4.74 Å². The molecule has 0 fully saturated rings. The number of nitrogens with one attached hydrogen (secondary N) is 1. The van der Waals surface area contributed by atoms with Gasteiger partial charge < -0.3 is 25.3 Å². The molecule has 2 aromatic carbocycles. The highest BCUT2D eigenvalue weighted by Crippen LogP contribution is 2.25. The molecule has 1 heterocycles. The van der Waals surface area contributed by atoms with E-state index in [0.29, 0.717) is 47.5 Å². The second-order valence-corrected chi connectivity index (χ2v) is 6.17. The van der Waals surface area contributed by atoms with Crippen LogP contribution in [-0.4, -0.2) is 48.3 Å². The number of methoxy groups -OCH3 is 2. The molecule has 1 aromatic heterocycles. The number of carbonyl (C=O) groups is 1. The molecule has 0 saturated carbocycles. The van der Waals surface area contributed by atoms with Gasteiger partial charge in [0, 0.05) is 13.2 Å². The molecular weight excluding hydrogens is 410 g/mol. The van der Waals surface area contributed by atoms with Crippen LogP contribution in [0, 0.1) is 6.92 Å². The number of nitrogens with zero attached hydrogens (tertiary/aromatic N) is 3. The number of amides is 1. The van der Waals surface area contributed by atoms with Crippen molar-refractivity contribution in [3.8, 4) is 17.2 Å². The van der Waals surface area contributed by atoms with Crippen LogP contribution in [0.2, 0.25) is 0 Å². The van der Waals surface area contributed by atoms with E-state index in [-0.39, 0.29) is 18.1 Å². The van der Waals surface area contributed by atoms with Crippen molar-refractivity contribution in [3.05, 3.63) is 53.9 Å². The summed E-state index contributed by atoms with van der Waals surface area (Å²) < 4.78 is 15.7. The number of anilines is 2. The van der Waals surface area contributed by atoms with Crippen LogP contribution in [0.15, 0.2) is 42.5 Å². The van der Waals surface area contributed by atoms with Gasteiger partial charge in [0.2, 0.25) is 0 Å². The van der Waals surface area contributed by atoms with E-state index in [9.17, 15) is 4.79 Å². The van der Waals surface area contributed by atoms with Crippen molar-refractivity contribution in [1.29, 1.82) is 0 Å². The van der Waals surface area contributed by atoms with E-state index < -0.39 is 5.91 Å². The second-order valence-electron chi connectivity index (χ2n) is 6.17. The predicted octanol–water partition coefficient (Wildman–Crippen LogP) is 2.87. The number of carbonyl (C=O) groups excluding carboxylic acids is 1. The Hall–Kier alpha value is -3.30. The van der Waals surface area contributed by atoms with Gasteiger partial charge in [0.05, 0.1) is 36.5 Å². The minimum Gasteiger partial charge on any atom is -0.497 e. The highest BCUT2D eigenvalue weighted by atomic mass is 35.5. The number of hydrogen-bond acceptors (Lipinski definition) is 7. The molecule has 30 heavy (non-hydrogen) atoms. The van der Waals surface area contributed by atoms with Crippen LogP contribution >= 0.6 is 12.4 Å². The van der Waals surface area contributed by atoms with E-state index in [1.165, 1.54) is 4.80 Å². The number of benzene rings is 2. The number of nitrogen functional groups attached to an aromatic ring is 1. The Kier molecular flexibility index (Phi) is 8.02. The zero-order valence-corrected chi connectivity index (χ0v) is 17.7. The summed E-state index contributed by atoms with van der Waals surface area (Å²) in [6, 6.07) is 12.3. The lowest BCUT2D eigenvalue weighted by atomic mass is 10.2. The lowest BCUT2D eigenvalue weighted by Gasteiger charge is -2.09. The van der Waals surface area contributed by atoms with Gasteiger partial charge in [0.15, 0.2) is 5.69 Å². The van der Waals surface area contributed by atoms with E-state index in [1.54, 1.807) is 51.5 Å². The van der Waals surface area contributed by atoms with Gasteiger partial charge in [0.25, 0.3) is 5.91 Å². The van der Waals surface area contributed by atoms with Crippen molar-refractivity contribution in [3.63, 3.8) is 0 Å². The first-order valence-electron chi connectivity index (χ1n) is 8.93. The zero-order valence-electron chi connectivity index (χ0n) is 16.9. The number of nitrogens with two attached hydrogens (primary N) is 1. The first-order chi connectivity index (χ1) is 14.0. The summed E-state index contributed by atoms with van der Waals surface area (Å²) in [6.45, 7) is 2.69. The normalized spacial score (nSPS) is 10.2. The van der Waals surface area contributed by atoms with E-state index in [4.69, 9.17) is 19.9 Å². The average molecular weight is 434 g/mol. The van der Waals surface area contributed by atoms with E-state index in [2.05, 4.69) is 15.5 Å². The van der Waals surface area contributed by atoms with Crippen molar-refractivity contribution >= 4 is 29.7 Å². The summed E-state index contributed by atoms with van der Waals surface area (Å²) in [5, 5.41) is 11.4. The SMILES string of the molecule is COCCOc1ccc(-n2nc(C)c(C(=O)Nc3cc(OC)ccc3N)n2)cc1.Cl. The molecule has 10 heteroatoms. The van der Waals surface area contributed by atoms with Crippen LogP contribution in [0.25, 0.3) is 5.69 Å². The molecule has 0 bridgehead atoms. The Morgan fingerprint density at radius 3 is 2.43 bits per heavy atom. The van der Waals surface area contributed by atoms with Crippen LogP contribution in [0.4, 0.5) is 11.4 Å². The first-order valence-corrected chi connectivity index (χ1v) is 8.93. The van der Waals surface area contributed by atoms with Crippen molar-refractivity contribution in [2.45, 2.75) is 6.92 Å². The molecule has 1 amide bonds. The summed E-state index contributed by atoms with van der Waals surface area (Å²) in [6.07, 6.45) is 0. The third-order valence-electron chi connectivity index (χ3n) is 4.13. The smallest absolute Gasteiger partial charge is 0.278 e. The van der Waals surface area contributed by atoms with Gasteiger partial charge >= 0.3 is 0 Å². The molecule has 3 rings (SSSR count). The van der Waals surface area contributed by atoms with Crippen molar-refractivity contribution in [2.24, 2.45) is 0 Å². The predicted molar refractivity (Wildman–Crippen MR) is 116 cm³/mol. The minimum atomic E-state index is -0.409. The van der Waals surface area contributed by atoms with Gasteiger partial charge in [-0.15, -0.1) is 17.5 Å². The summed E-state index contributed by atoms with van der Waals surface area (Å²) in [5.74, 6) is 0.886. The Bertz CT molecular complexity index is 991. The third-order valence-corrected chi connectivity index (χ3v) is 4.13. The molecule has 0 atom stereocenters. The topological polar surface area (TPSA) is 114 Å². The number of aromatic nitrogens is 3. The Morgan fingerprint density at radius 1 is 1.07 bits per heavy atom. The lowest BCUT2D eigenvalue weighted by molar-refractivity contribution is 0.102. The summed E-state index contributed by atoms with van der Waals surface area (Å²) in [7, 11) is 3.16. The zero-order chi connectivity index (χ0) is 20.8. The molecule has 0 aliphatic rings. The summed E-state index contributed by atoms with van der Waals surface area (Å²) >= 11 is 0. The minimum absolute atomic E-state index is 0. The molecule has 9 nitrogen and oxygen atoms in total. The van der Waals surface area contributed by atoms with Gasteiger partial charge in [0.1, 0.15) is 18.1 Å². The first kappa shape index (κ1) is 23.0. The largest absolute Gasteiger partial charge is 0.497 e. The van der Waals surface area contributed by atoms with Crippen LogP contribution in [0.3, 0.4) is 0 Å². The Morgan fingerprint density at radius 2 is 1.77 bits per heavy atom. The van der Waals surface area contributed by atoms with Crippen molar-refractivity contribution in [1.82, 2.24) is 15.0 Å². The average Bonchev–Trinajstić information content (AvgIpc) is 3.12. The highest BCUT2D eigenvalue weighted by molar-refractivity contribution is 6.05. The molecule has 0 aliphatic carbocycles. The number of halogens is 1. The molecule has 3 N–H and O–H groups in total. The van der Waals surface area contributed by atoms with Crippen LogP contribution in [0.1, 0.15) is 16.2 Å². The monoisotopic (exact) mass is 433 g/mol. The Balaban J connectivity index is 0.00000320. The fraction of sp³-hybridized carbons (Fsp3) is 0.250. The van der Waals surface area contributed by atoms with Crippen molar-refractivity contribution in [2.75, 3.05) is 38.5 Å². The second kappa shape index (κ2) is 10.5. The number of rotatable bonds is 8. The molecule has 0 spiro atoms. The van der Waals surface area contributed by atoms with Gasteiger partial charge in [-0.3, -0.25) is 4.79 Å². The quantitative estimate of drug-likeness (QED) is 0.414. The number of hydrogen-bond donors (Lipinski definition) is 2. The molecule has 160 valence electrons. The molecule has 3 aromatic rings. The van der Waals surface area contributed by atoms with Crippen LogP contribution in [0.5, 0.6) is 11.5 Å². The molecule has 0 saturated heterocycles. The summed E-state index contributed by atoms with van der Waals surface area (Å²) in [5.41, 5.74) is 8.19. The van der Waals surface area contributed by atoms with E-state index in [1.807, 2.05) is 12.1 Å². The third kappa shape index (κ3) is 5.40. The van der Waals surface area contributed by atoms with E-state index >= 15 is 0 Å². The van der Waals surface area contributed by atoms with Gasteiger partial charge in [-0.2, -0.15) is 9.90 Å². The van der Waals surface area contributed by atoms with Gasteiger partial charge in [-0.25, -0.2) is 0 Å². The van der Waals surface area contributed by atoms with Gasteiger partial charge in [-0.1, -0.05) is 0 Å². The molecule has 0 radical (unpaired) electrons. The number of ether oxygens (including phenoxy) is 3. The molecular formula is C20H24ClN5O4. The Labute approximate surface area is 180 Å². The fourth-order valence-corrected chi connectivity index (χ4v) is 2.57. The maximum atomic E-state index is 12.7. The van der Waals surface area contributed by atoms with Crippen LogP contribution < -0.4 is 20.5 Å². The lowest BCUT2D eigenvalue weighted by Crippen LogP contribution is -2.15. The van der Waals surface area contributed by atoms with E-state index in [0.717, 1.165) is 0 Å². The summed E-state index contributed by atoms with van der Waals surface area (Å²) in [4.78, 5) is 14.1. The maximum Gasteiger partial charge on any atom is 0.278 e. The standard InChI is InChI=1S/C20H23N5O4.ClH/c1-13-19(20(26)22-18-12-16(28-3)8-9-17(18)21)24-25(23-13)14-4-6-15(7-5-14)29-11-10-27-2;/h4-9,12H,10-11,21H2,1-3H3,(H,22,26);1H. The molecule has 0 aliphatic heterocycles.